The van der Waals surface area contributed by atoms with Crippen LogP contribution in [0.3, 0.4) is 0 Å². The topological polar surface area (TPSA) is 78.9 Å². The van der Waals surface area contributed by atoms with Gasteiger partial charge in [-0.25, -0.2) is 0 Å². The molecule has 0 saturated carbocycles. The Bertz CT molecular complexity index is 1010. The second-order valence-corrected chi connectivity index (χ2v) is 21.1. The second kappa shape index (κ2) is 52.8. The normalized spacial score (nSPS) is 12.9. The number of unbranched alkanes of at least 4 members (excludes halogenated alkanes) is 37. The summed E-state index contributed by atoms with van der Waals surface area (Å²) in [5, 5.41) is 0. The Kier molecular flexibility index (Phi) is 51.5. The number of hydrogen-bond acceptors (Lipinski definition) is 6. The molecule has 0 bridgehead atoms. The summed E-state index contributed by atoms with van der Waals surface area (Å²) in [4.78, 5) is 38.2. The van der Waals surface area contributed by atoms with Crippen molar-refractivity contribution < 1.29 is 28.6 Å². The van der Waals surface area contributed by atoms with E-state index in [1.165, 1.54) is 225 Å². The van der Waals surface area contributed by atoms with Crippen LogP contribution in [-0.4, -0.2) is 37.2 Å². The van der Waals surface area contributed by atoms with E-state index >= 15 is 0 Å². The van der Waals surface area contributed by atoms with Gasteiger partial charge in [0.25, 0.3) is 0 Å². The molecule has 0 rings (SSSR count). The minimum atomic E-state index is -0.763. The first kappa shape index (κ1) is 64.4. The van der Waals surface area contributed by atoms with Gasteiger partial charge in [-0.2, -0.15) is 0 Å². The highest BCUT2D eigenvalue weighted by Gasteiger charge is 2.19. The van der Waals surface area contributed by atoms with Gasteiger partial charge >= 0.3 is 17.9 Å². The molecule has 0 fully saturated rings. The van der Waals surface area contributed by atoms with Crippen molar-refractivity contribution in [1.82, 2.24) is 0 Å². The second-order valence-electron chi connectivity index (χ2n) is 21.1. The van der Waals surface area contributed by atoms with Gasteiger partial charge in [-0.3, -0.25) is 14.4 Å². The molecule has 0 heterocycles. The van der Waals surface area contributed by atoms with Gasteiger partial charge in [0.2, 0.25) is 0 Å². The van der Waals surface area contributed by atoms with E-state index in [9.17, 15) is 14.4 Å². The largest absolute Gasteiger partial charge is 0.462 e. The van der Waals surface area contributed by atoms with Crippen LogP contribution in [0.4, 0.5) is 0 Å². The Morgan fingerprint density at radius 3 is 0.788 bits per heavy atom. The maximum atomic E-state index is 12.9. The van der Waals surface area contributed by atoms with E-state index in [4.69, 9.17) is 14.2 Å². The van der Waals surface area contributed by atoms with Crippen molar-refractivity contribution in [2.24, 2.45) is 11.8 Å². The number of hydrogen-bond donors (Lipinski definition) is 0. The summed E-state index contributed by atoms with van der Waals surface area (Å²) in [6.07, 6.45) is 56.5. The van der Waals surface area contributed by atoms with Crippen LogP contribution in [0.25, 0.3) is 0 Å². The van der Waals surface area contributed by atoms with Gasteiger partial charge in [-0.05, 0) is 31.1 Å². The highest BCUT2D eigenvalue weighted by Crippen LogP contribution is 2.19. The third kappa shape index (κ3) is 50.3. The summed E-state index contributed by atoms with van der Waals surface area (Å²) >= 11 is 0. The van der Waals surface area contributed by atoms with E-state index in [0.717, 1.165) is 69.6 Å². The van der Waals surface area contributed by atoms with E-state index in [0.29, 0.717) is 19.3 Å². The van der Waals surface area contributed by atoms with Crippen LogP contribution < -0.4 is 0 Å². The van der Waals surface area contributed by atoms with Crippen LogP contribution in [0.1, 0.15) is 336 Å². The predicted octanol–water partition coefficient (Wildman–Crippen LogP) is 19.7. The number of esters is 3. The Labute approximate surface area is 412 Å². The lowest BCUT2D eigenvalue weighted by Gasteiger charge is -2.18. The molecule has 0 aliphatic carbocycles. The highest BCUT2D eigenvalue weighted by atomic mass is 16.6. The quantitative estimate of drug-likeness (QED) is 0.0343. The van der Waals surface area contributed by atoms with Gasteiger partial charge in [0.05, 0.1) is 0 Å². The molecule has 0 aromatic rings. The van der Waals surface area contributed by atoms with E-state index < -0.39 is 6.10 Å². The van der Waals surface area contributed by atoms with Crippen molar-refractivity contribution in [3.8, 4) is 0 Å². The lowest BCUT2D eigenvalue weighted by molar-refractivity contribution is -0.167. The zero-order valence-corrected chi connectivity index (χ0v) is 45.3. The maximum absolute atomic E-state index is 12.9. The monoisotopic (exact) mass is 933 g/mol. The fraction of sp³-hybridized carbons (Fsp3) is 0.950. The Hall–Kier alpha value is -1.59. The molecule has 0 aromatic carbocycles. The lowest BCUT2D eigenvalue weighted by atomic mass is 9.99. The predicted molar refractivity (Wildman–Crippen MR) is 284 cm³/mol. The van der Waals surface area contributed by atoms with Crippen molar-refractivity contribution in [2.45, 2.75) is 343 Å². The molecule has 6 heteroatoms. The van der Waals surface area contributed by atoms with Crippen LogP contribution in [0.2, 0.25) is 0 Å². The average Bonchev–Trinajstić information content (AvgIpc) is 3.32. The minimum Gasteiger partial charge on any atom is -0.462 e. The van der Waals surface area contributed by atoms with Crippen LogP contribution in [0.15, 0.2) is 0 Å². The first-order valence-corrected chi connectivity index (χ1v) is 29.8. The third-order valence-corrected chi connectivity index (χ3v) is 14.4. The molecule has 0 saturated heterocycles. The number of ether oxygens (including phenoxy) is 3. The zero-order valence-electron chi connectivity index (χ0n) is 45.3. The van der Waals surface area contributed by atoms with E-state index in [1.54, 1.807) is 0 Å². The van der Waals surface area contributed by atoms with E-state index in [-0.39, 0.29) is 31.1 Å². The number of rotatable bonds is 54. The Morgan fingerprint density at radius 1 is 0.303 bits per heavy atom. The van der Waals surface area contributed by atoms with Gasteiger partial charge in [0, 0.05) is 19.3 Å². The highest BCUT2D eigenvalue weighted by molar-refractivity contribution is 5.71. The molecule has 392 valence electrons. The molecule has 3 atom stereocenters. The smallest absolute Gasteiger partial charge is 0.306 e. The Balaban J connectivity index is 4.30. The summed E-state index contributed by atoms with van der Waals surface area (Å²) in [7, 11) is 0. The molecular weight excluding hydrogens is 817 g/mol. The molecule has 0 aliphatic rings. The summed E-state index contributed by atoms with van der Waals surface area (Å²) in [6, 6.07) is 0. The zero-order chi connectivity index (χ0) is 48.2. The van der Waals surface area contributed by atoms with Gasteiger partial charge in [-0.15, -0.1) is 0 Å². The lowest BCUT2D eigenvalue weighted by Crippen LogP contribution is -2.30. The average molecular weight is 934 g/mol. The van der Waals surface area contributed by atoms with Crippen LogP contribution in [0, 0.1) is 11.8 Å². The van der Waals surface area contributed by atoms with Crippen molar-refractivity contribution >= 4 is 17.9 Å². The summed E-state index contributed by atoms with van der Waals surface area (Å²) in [6.45, 7) is 11.5. The number of carbonyl (C=O) groups is 3. The van der Waals surface area contributed by atoms with Crippen LogP contribution in [-0.2, 0) is 28.6 Å². The summed E-state index contributed by atoms with van der Waals surface area (Å²) < 4.78 is 16.9. The standard InChI is InChI=1S/C60H116O6/c1-6-9-10-11-12-13-14-15-16-17-21-24-30-35-40-45-50-58(61)64-53-57(66-60(63)52-47-42-37-32-27-26-29-34-39-44-49-56(5)8-3)54-65-59(62)51-46-41-36-31-25-22-19-18-20-23-28-33-38-43-48-55(4)7-2/h55-57H,6-54H2,1-5H3/t55?,56?,57-/m0/s1. The van der Waals surface area contributed by atoms with Crippen molar-refractivity contribution in [1.29, 1.82) is 0 Å². The molecule has 0 N–H and O–H groups in total. The van der Waals surface area contributed by atoms with Crippen LogP contribution in [0.5, 0.6) is 0 Å². The van der Waals surface area contributed by atoms with Gasteiger partial charge in [0.1, 0.15) is 13.2 Å². The Morgan fingerprint density at radius 2 is 0.530 bits per heavy atom. The van der Waals surface area contributed by atoms with E-state index in [1.807, 2.05) is 0 Å². The third-order valence-electron chi connectivity index (χ3n) is 14.4. The van der Waals surface area contributed by atoms with E-state index in [2.05, 4.69) is 34.6 Å². The molecule has 0 amide bonds. The molecule has 6 nitrogen and oxygen atoms in total. The fourth-order valence-corrected chi connectivity index (χ4v) is 9.16. The molecular formula is C60H116O6. The van der Waals surface area contributed by atoms with Gasteiger partial charge < -0.3 is 14.2 Å². The molecule has 0 aromatic heterocycles. The number of carbonyl (C=O) groups excluding carboxylic acids is 3. The molecule has 2 unspecified atom stereocenters. The van der Waals surface area contributed by atoms with Gasteiger partial charge in [-0.1, -0.05) is 298 Å². The SMILES string of the molecule is CCCCCCCCCCCCCCCCCCC(=O)OC[C@@H](COC(=O)CCCCCCCCCCCCCCCCC(C)CC)OC(=O)CCCCCCCCCCCCC(C)CC. The van der Waals surface area contributed by atoms with Crippen molar-refractivity contribution in [2.75, 3.05) is 13.2 Å². The minimum absolute atomic E-state index is 0.0626. The molecule has 66 heavy (non-hydrogen) atoms. The molecule has 0 radical (unpaired) electrons. The fourth-order valence-electron chi connectivity index (χ4n) is 9.16. The van der Waals surface area contributed by atoms with Crippen LogP contribution >= 0.6 is 0 Å². The summed E-state index contributed by atoms with van der Waals surface area (Å²) in [5.41, 5.74) is 0. The first-order chi connectivity index (χ1) is 32.3. The first-order valence-electron chi connectivity index (χ1n) is 29.8. The van der Waals surface area contributed by atoms with Crippen molar-refractivity contribution in [3.63, 3.8) is 0 Å². The van der Waals surface area contributed by atoms with Crippen molar-refractivity contribution in [3.05, 3.63) is 0 Å². The molecule has 0 spiro atoms. The molecule has 0 aliphatic heterocycles. The maximum Gasteiger partial charge on any atom is 0.306 e. The summed E-state index contributed by atoms with van der Waals surface area (Å²) in [5.74, 6) is 0.925. The van der Waals surface area contributed by atoms with Gasteiger partial charge in [0.15, 0.2) is 6.10 Å².